The van der Waals surface area contributed by atoms with Gasteiger partial charge in [0, 0.05) is 33.3 Å². The lowest BCUT2D eigenvalue weighted by Crippen LogP contribution is -2.64. The summed E-state index contributed by atoms with van der Waals surface area (Å²) in [6.07, 6.45) is -2.81. The minimum Gasteiger partial charge on any atom is -0.463 e. The number of rotatable bonds is 7. The van der Waals surface area contributed by atoms with Gasteiger partial charge in [0.25, 0.3) is 0 Å². The molecule has 12 nitrogen and oxygen atoms in total. The SMILES string of the molecule is CC(=O)N[C@@H]1[C@@H](OC(C)=O)[C@H](OC(C)=O)[C@@H](COC(C)=O)O[C@H]1n1cc(-c2ccccc2)nn1. The van der Waals surface area contributed by atoms with Crippen LogP contribution in [0.25, 0.3) is 11.3 Å². The summed E-state index contributed by atoms with van der Waals surface area (Å²) in [5.41, 5.74) is 1.33. The molecule has 1 aromatic carbocycles. The third-order valence-electron chi connectivity index (χ3n) is 4.93. The number of amides is 1. The van der Waals surface area contributed by atoms with Crippen molar-refractivity contribution in [3.05, 3.63) is 36.5 Å². The molecular weight excluding hydrogens is 448 g/mol. The van der Waals surface area contributed by atoms with E-state index in [4.69, 9.17) is 18.9 Å². The monoisotopic (exact) mass is 474 g/mol. The third kappa shape index (κ3) is 6.16. The number of carbonyl (C=O) groups excluding carboxylic acids is 4. The number of esters is 3. The molecule has 1 aromatic heterocycles. The number of ether oxygens (including phenoxy) is 4. The van der Waals surface area contributed by atoms with Crippen LogP contribution in [0.1, 0.15) is 33.9 Å². The predicted molar refractivity (Wildman–Crippen MR) is 115 cm³/mol. The summed E-state index contributed by atoms with van der Waals surface area (Å²) >= 11 is 0. The molecule has 1 N–H and O–H groups in total. The van der Waals surface area contributed by atoms with E-state index >= 15 is 0 Å². The quantitative estimate of drug-likeness (QED) is 0.451. The van der Waals surface area contributed by atoms with Gasteiger partial charge < -0.3 is 24.3 Å². The molecule has 0 bridgehead atoms. The smallest absolute Gasteiger partial charge is 0.303 e. The predicted octanol–water partition coefficient (Wildman–Crippen LogP) is 0.774. The maximum Gasteiger partial charge on any atom is 0.303 e. The van der Waals surface area contributed by atoms with Crippen molar-refractivity contribution < 1.29 is 38.1 Å². The first-order valence-electron chi connectivity index (χ1n) is 10.5. The molecule has 2 aromatic rings. The second-order valence-corrected chi connectivity index (χ2v) is 7.69. The van der Waals surface area contributed by atoms with Crippen molar-refractivity contribution in [2.45, 2.75) is 58.3 Å². The van der Waals surface area contributed by atoms with Crippen molar-refractivity contribution in [2.75, 3.05) is 6.61 Å². The average molecular weight is 474 g/mol. The van der Waals surface area contributed by atoms with E-state index in [1.807, 2.05) is 30.3 Å². The first-order valence-corrected chi connectivity index (χ1v) is 10.5. The lowest BCUT2D eigenvalue weighted by Gasteiger charge is -2.45. The van der Waals surface area contributed by atoms with Crippen molar-refractivity contribution in [2.24, 2.45) is 0 Å². The highest BCUT2D eigenvalue weighted by Crippen LogP contribution is 2.33. The zero-order chi connectivity index (χ0) is 24.8. The second-order valence-electron chi connectivity index (χ2n) is 7.69. The van der Waals surface area contributed by atoms with E-state index in [1.165, 1.54) is 32.4 Å². The van der Waals surface area contributed by atoms with Gasteiger partial charge in [-0.2, -0.15) is 0 Å². The number of aromatic nitrogens is 3. The molecule has 0 unspecified atom stereocenters. The van der Waals surface area contributed by atoms with Crippen molar-refractivity contribution in [3.8, 4) is 11.3 Å². The van der Waals surface area contributed by atoms with Gasteiger partial charge in [-0.25, -0.2) is 4.68 Å². The highest BCUT2D eigenvalue weighted by Gasteiger charge is 2.51. The minimum atomic E-state index is -1.18. The number of benzene rings is 1. The molecule has 2 heterocycles. The van der Waals surface area contributed by atoms with Crippen LogP contribution in [0, 0.1) is 0 Å². The Morgan fingerprint density at radius 2 is 1.62 bits per heavy atom. The number of hydrogen-bond acceptors (Lipinski definition) is 10. The Hall–Kier alpha value is -3.80. The van der Waals surface area contributed by atoms with Crippen molar-refractivity contribution >= 4 is 23.8 Å². The minimum absolute atomic E-state index is 0.297. The zero-order valence-electron chi connectivity index (χ0n) is 19.2. The molecular formula is C22H26N4O8. The fraction of sp³-hybridized carbons (Fsp3) is 0.455. The molecule has 12 heteroatoms. The average Bonchev–Trinajstić information content (AvgIpc) is 3.25. The molecule has 34 heavy (non-hydrogen) atoms. The lowest BCUT2D eigenvalue weighted by atomic mass is 9.95. The van der Waals surface area contributed by atoms with Crippen LogP contribution in [-0.2, 0) is 38.1 Å². The lowest BCUT2D eigenvalue weighted by molar-refractivity contribution is -0.239. The van der Waals surface area contributed by atoms with Gasteiger partial charge in [0.05, 0.1) is 6.20 Å². The molecule has 0 spiro atoms. The third-order valence-corrected chi connectivity index (χ3v) is 4.93. The molecule has 0 radical (unpaired) electrons. The molecule has 5 atom stereocenters. The number of nitrogens with zero attached hydrogens (tertiary/aromatic N) is 3. The Bertz CT molecular complexity index is 1040. The van der Waals surface area contributed by atoms with Crippen LogP contribution in [0.3, 0.4) is 0 Å². The van der Waals surface area contributed by atoms with Crippen LogP contribution in [0.5, 0.6) is 0 Å². The fourth-order valence-electron chi connectivity index (χ4n) is 3.68. The largest absolute Gasteiger partial charge is 0.463 e. The topological polar surface area (TPSA) is 148 Å². The highest BCUT2D eigenvalue weighted by molar-refractivity contribution is 5.73. The van der Waals surface area contributed by atoms with Crippen LogP contribution in [0.15, 0.2) is 36.5 Å². The Morgan fingerprint density at radius 1 is 0.971 bits per heavy atom. The van der Waals surface area contributed by atoms with Gasteiger partial charge in [-0.15, -0.1) is 5.10 Å². The molecule has 0 saturated carbocycles. The summed E-state index contributed by atoms with van der Waals surface area (Å²) in [4.78, 5) is 47.3. The zero-order valence-corrected chi connectivity index (χ0v) is 19.2. The first-order chi connectivity index (χ1) is 16.2. The van der Waals surface area contributed by atoms with Gasteiger partial charge >= 0.3 is 17.9 Å². The van der Waals surface area contributed by atoms with E-state index in [1.54, 1.807) is 6.20 Å². The second kappa shape index (κ2) is 10.9. The Balaban J connectivity index is 2.03. The molecule has 3 rings (SSSR count). The molecule has 1 amide bonds. The first kappa shape index (κ1) is 24.8. The number of carbonyl (C=O) groups is 4. The van der Waals surface area contributed by atoms with Gasteiger partial charge in [0.1, 0.15) is 24.4 Å². The van der Waals surface area contributed by atoms with Gasteiger partial charge in [0.15, 0.2) is 18.4 Å². The van der Waals surface area contributed by atoms with Crippen molar-refractivity contribution in [1.82, 2.24) is 20.3 Å². The normalized spacial score (nSPS) is 24.1. The summed E-state index contributed by atoms with van der Waals surface area (Å²) in [6.45, 7) is 4.56. The Kier molecular flexibility index (Phi) is 7.95. The number of nitrogens with one attached hydrogen (secondary N) is 1. The summed E-state index contributed by atoms with van der Waals surface area (Å²) < 4.78 is 23.4. The number of hydrogen-bond donors (Lipinski definition) is 1. The maximum atomic E-state index is 12.0. The van der Waals surface area contributed by atoms with E-state index in [2.05, 4.69) is 15.6 Å². The molecule has 1 saturated heterocycles. The van der Waals surface area contributed by atoms with E-state index in [0.717, 1.165) is 5.56 Å². The summed E-state index contributed by atoms with van der Waals surface area (Å²) in [7, 11) is 0. The summed E-state index contributed by atoms with van der Waals surface area (Å²) in [5.74, 6) is -2.38. The van der Waals surface area contributed by atoms with Crippen LogP contribution in [-0.4, -0.2) is 69.8 Å². The van der Waals surface area contributed by atoms with Gasteiger partial charge in [0.2, 0.25) is 5.91 Å². The van der Waals surface area contributed by atoms with Gasteiger partial charge in [-0.3, -0.25) is 19.2 Å². The Labute approximate surface area is 195 Å². The molecule has 0 aliphatic carbocycles. The van der Waals surface area contributed by atoms with E-state index in [-0.39, 0.29) is 6.61 Å². The molecule has 1 aliphatic rings. The van der Waals surface area contributed by atoms with E-state index in [0.29, 0.717) is 5.69 Å². The summed E-state index contributed by atoms with van der Waals surface area (Å²) in [6, 6.07) is 8.25. The van der Waals surface area contributed by atoms with E-state index in [9.17, 15) is 19.2 Å². The fourth-order valence-corrected chi connectivity index (χ4v) is 3.68. The van der Waals surface area contributed by atoms with Gasteiger partial charge in [-0.05, 0) is 0 Å². The van der Waals surface area contributed by atoms with E-state index < -0.39 is 54.4 Å². The standard InChI is InChI=1S/C22H26N4O8/c1-12(27)23-19-21(33-15(4)30)20(32-14(3)29)18(11-31-13(2)28)34-22(19)26-10-17(24-25-26)16-8-6-5-7-9-16/h5-10,18-22H,11H2,1-4H3,(H,23,27)/t18-,19-,20-,21-,22-/m1/s1. The van der Waals surface area contributed by atoms with Crippen LogP contribution in [0.2, 0.25) is 0 Å². The van der Waals surface area contributed by atoms with Gasteiger partial charge in [-0.1, -0.05) is 35.5 Å². The van der Waals surface area contributed by atoms with Crippen LogP contribution >= 0.6 is 0 Å². The van der Waals surface area contributed by atoms with Crippen molar-refractivity contribution in [1.29, 1.82) is 0 Å². The maximum absolute atomic E-state index is 12.0. The van der Waals surface area contributed by atoms with Crippen LogP contribution < -0.4 is 5.32 Å². The highest BCUT2D eigenvalue weighted by atomic mass is 16.6. The molecule has 182 valence electrons. The molecule has 1 fully saturated rings. The van der Waals surface area contributed by atoms with Crippen LogP contribution in [0.4, 0.5) is 0 Å². The molecule has 1 aliphatic heterocycles. The Morgan fingerprint density at radius 3 is 2.21 bits per heavy atom. The van der Waals surface area contributed by atoms with Crippen molar-refractivity contribution in [3.63, 3.8) is 0 Å². The summed E-state index contributed by atoms with van der Waals surface area (Å²) in [5, 5.41) is 11.0.